The number of amides is 1. The van der Waals surface area contributed by atoms with Gasteiger partial charge in [-0.05, 0) is 6.42 Å². The van der Waals surface area contributed by atoms with Crippen molar-refractivity contribution in [3.8, 4) is 0 Å². The second kappa shape index (κ2) is 13.3. The van der Waals surface area contributed by atoms with Crippen LogP contribution < -0.4 is 5.32 Å². The molecule has 2 rings (SSSR count). The lowest BCUT2D eigenvalue weighted by atomic mass is 9.95. The molecule has 1 amide bonds. The molecule has 8 atom stereocenters. The summed E-state index contributed by atoms with van der Waals surface area (Å²) in [5, 5.41) is 43.6. The SMILES string of the molecule is CCCCCCCCO[C@H]1O[C@H](CO[C@H]2O[C@H](CNC(=O)C(C)(C)C)[C@@H](O)[C@@H]2O)[C@@H](O)[C@@H]1O. The number of hydrogen-bond acceptors (Lipinski definition) is 9. The number of unbranched alkanes of at least 4 members (excludes halogenated alkanes) is 5. The smallest absolute Gasteiger partial charge is 0.225 e. The third-order valence-corrected chi connectivity index (χ3v) is 5.99. The molecule has 10 nitrogen and oxygen atoms in total. The average Bonchev–Trinajstić information content (AvgIpc) is 3.19. The van der Waals surface area contributed by atoms with Gasteiger partial charge in [0.2, 0.25) is 5.91 Å². The Morgan fingerprint density at radius 2 is 1.36 bits per heavy atom. The van der Waals surface area contributed by atoms with Gasteiger partial charge in [-0.1, -0.05) is 59.8 Å². The van der Waals surface area contributed by atoms with Gasteiger partial charge in [0.1, 0.15) is 36.6 Å². The quantitative estimate of drug-likeness (QED) is 0.238. The lowest BCUT2D eigenvalue weighted by Crippen LogP contribution is -2.43. The van der Waals surface area contributed by atoms with Crippen molar-refractivity contribution in [1.29, 1.82) is 0 Å². The maximum absolute atomic E-state index is 12.0. The number of aliphatic hydroxyl groups is 4. The number of carbonyl (C=O) groups is 1. The molecule has 0 spiro atoms. The van der Waals surface area contributed by atoms with Gasteiger partial charge in [0.15, 0.2) is 12.6 Å². The standard InChI is InChI=1S/C23H43NO9/c1-5-6-7-8-9-10-11-30-20-19(28)17(26)15(33-20)13-31-21-18(27)16(25)14(32-21)12-24-22(29)23(2,3)4/h14-21,25-28H,5-13H2,1-4H3,(H,24,29)/t14-,15-,16-,17-,18+,19+,20+,21+/m1/s1. The zero-order valence-corrected chi connectivity index (χ0v) is 20.3. The van der Waals surface area contributed by atoms with Crippen LogP contribution in [0.4, 0.5) is 0 Å². The summed E-state index contributed by atoms with van der Waals surface area (Å²) >= 11 is 0. The van der Waals surface area contributed by atoms with E-state index in [0.717, 1.165) is 19.3 Å². The van der Waals surface area contributed by atoms with Gasteiger partial charge in [0.25, 0.3) is 0 Å². The first-order chi connectivity index (χ1) is 15.6. The van der Waals surface area contributed by atoms with Crippen molar-refractivity contribution in [2.24, 2.45) is 5.41 Å². The number of ether oxygens (including phenoxy) is 4. The van der Waals surface area contributed by atoms with Crippen molar-refractivity contribution in [2.75, 3.05) is 19.8 Å². The van der Waals surface area contributed by atoms with Crippen molar-refractivity contribution in [1.82, 2.24) is 5.32 Å². The molecule has 0 radical (unpaired) electrons. The summed E-state index contributed by atoms with van der Waals surface area (Å²) in [6, 6.07) is 0. The van der Waals surface area contributed by atoms with Crippen LogP contribution in [0.25, 0.3) is 0 Å². The van der Waals surface area contributed by atoms with Gasteiger partial charge in [-0.15, -0.1) is 0 Å². The molecule has 2 saturated heterocycles. The zero-order chi connectivity index (χ0) is 24.6. The zero-order valence-electron chi connectivity index (χ0n) is 20.3. The Morgan fingerprint density at radius 1 is 0.818 bits per heavy atom. The Morgan fingerprint density at radius 3 is 2.00 bits per heavy atom. The fraction of sp³-hybridized carbons (Fsp3) is 0.957. The Hall–Kier alpha value is -0.850. The summed E-state index contributed by atoms with van der Waals surface area (Å²) in [4.78, 5) is 12.0. The maximum Gasteiger partial charge on any atom is 0.225 e. The minimum atomic E-state index is -1.33. The van der Waals surface area contributed by atoms with Crippen molar-refractivity contribution >= 4 is 5.91 Å². The highest BCUT2D eigenvalue weighted by Gasteiger charge is 2.47. The van der Waals surface area contributed by atoms with E-state index in [0.29, 0.717) is 6.61 Å². The third kappa shape index (κ3) is 8.40. The van der Waals surface area contributed by atoms with Crippen LogP contribution in [0.2, 0.25) is 0 Å². The van der Waals surface area contributed by atoms with Gasteiger partial charge in [-0.3, -0.25) is 4.79 Å². The van der Waals surface area contributed by atoms with Crippen LogP contribution in [0.15, 0.2) is 0 Å². The van der Waals surface area contributed by atoms with E-state index in [2.05, 4.69) is 12.2 Å². The van der Waals surface area contributed by atoms with Crippen LogP contribution in [0.1, 0.15) is 66.2 Å². The Balaban J connectivity index is 1.72. The van der Waals surface area contributed by atoms with Gasteiger partial charge >= 0.3 is 0 Å². The lowest BCUT2D eigenvalue weighted by molar-refractivity contribution is -0.204. The fourth-order valence-electron chi connectivity index (χ4n) is 3.74. The molecule has 2 fully saturated rings. The summed E-state index contributed by atoms with van der Waals surface area (Å²) < 4.78 is 22.2. The summed E-state index contributed by atoms with van der Waals surface area (Å²) in [7, 11) is 0. The average molecular weight is 478 g/mol. The molecule has 2 heterocycles. The second-order valence-corrected chi connectivity index (χ2v) is 9.98. The van der Waals surface area contributed by atoms with E-state index in [-0.39, 0.29) is 19.1 Å². The van der Waals surface area contributed by atoms with Crippen LogP contribution >= 0.6 is 0 Å². The van der Waals surface area contributed by atoms with E-state index in [9.17, 15) is 25.2 Å². The number of aliphatic hydroxyl groups excluding tert-OH is 4. The fourth-order valence-corrected chi connectivity index (χ4v) is 3.74. The number of rotatable bonds is 13. The van der Waals surface area contributed by atoms with E-state index < -0.39 is 54.6 Å². The molecule has 0 aromatic carbocycles. The molecule has 0 unspecified atom stereocenters. The molecule has 0 bridgehead atoms. The van der Waals surface area contributed by atoms with E-state index >= 15 is 0 Å². The number of carbonyl (C=O) groups excluding carboxylic acids is 1. The van der Waals surface area contributed by atoms with Gasteiger partial charge in [0.05, 0.1) is 6.61 Å². The predicted octanol–water partition coefficient (Wildman–Crippen LogP) is 0.436. The molecular weight excluding hydrogens is 434 g/mol. The number of hydrogen-bond donors (Lipinski definition) is 5. The highest BCUT2D eigenvalue weighted by molar-refractivity contribution is 5.81. The van der Waals surface area contributed by atoms with Crippen LogP contribution in [-0.4, -0.2) is 95.3 Å². The summed E-state index contributed by atoms with van der Waals surface area (Å²) in [5.74, 6) is -0.208. The topological polar surface area (TPSA) is 147 Å². The first-order valence-corrected chi connectivity index (χ1v) is 12.1. The molecule has 5 N–H and O–H groups in total. The van der Waals surface area contributed by atoms with Crippen molar-refractivity contribution in [3.63, 3.8) is 0 Å². The van der Waals surface area contributed by atoms with E-state index in [1.165, 1.54) is 19.3 Å². The first kappa shape index (κ1) is 28.4. The van der Waals surface area contributed by atoms with Crippen LogP contribution in [0, 0.1) is 5.41 Å². The molecule has 33 heavy (non-hydrogen) atoms. The molecule has 0 saturated carbocycles. The minimum absolute atomic E-state index is 0.0177. The van der Waals surface area contributed by atoms with Crippen LogP contribution in [-0.2, 0) is 23.7 Å². The minimum Gasteiger partial charge on any atom is -0.387 e. The maximum atomic E-state index is 12.0. The molecule has 0 aromatic rings. The van der Waals surface area contributed by atoms with E-state index in [1.54, 1.807) is 20.8 Å². The van der Waals surface area contributed by atoms with Crippen molar-refractivity contribution in [2.45, 2.75) is 115 Å². The van der Waals surface area contributed by atoms with Crippen LogP contribution in [0.5, 0.6) is 0 Å². The second-order valence-electron chi connectivity index (χ2n) is 9.98. The largest absolute Gasteiger partial charge is 0.387 e. The van der Waals surface area contributed by atoms with Crippen LogP contribution in [0.3, 0.4) is 0 Å². The highest BCUT2D eigenvalue weighted by Crippen LogP contribution is 2.26. The lowest BCUT2D eigenvalue weighted by Gasteiger charge is -2.21. The molecule has 10 heteroatoms. The highest BCUT2D eigenvalue weighted by atomic mass is 16.7. The molecule has 0 aromatic heterocycles. The Bertz CT molecular complexity index is 585. The molecule has 2 aliphatic rings. The van der Waals surface area contributed by atoms with Crippen molar-refractivity contribution < 1.29 is 44.2 Å². The molecular formula is C23H43NO9. The summed E-state index contributed by atoms with van der Waals surface area (Å²) in [6.07, 6.45) is -2.19. The van der Waals surface area contributed by atoms with Gasteiger partial charge in [-0.25, -0.2) is 0 Å². The van der Waals surface area contributed by atoms with Crippen molar-refractivity contribution in [3.05, 3.63) is 0 Å². The summed E-state index contributed by atoms with van der Waals surface area (Å²) in [5.41, 5.74) is -0.595. The molecule has 2 aliphatic heterocycles. The first-order valence-electron chi connectivity index (χ1n) is 12.1. The summed E-state index contributed by atoms with van der Waals surface area (Å²) in [6.45, 7) is 7.73. The van der Waals surface area contributed by atoms with E-state index in [4.69, 9.17) is 18.9 Å². The van der Waals surface area contributed by atoms with Gasteiger partial charge in [-0.2, -0.15) is 0 Å². The van der Waals surface area contributed by atoms with Gasteiger partial charge < -0.3 is 44.7 Å². The van der Waals surface area contributed by atoms with E-state index in [1.807, 2.05) is 0 Å². The van der Waals surface area contributed by atoms with Gasteiger partial charge in [0, 0.05) is 18.6 Å². The Labute approximate surface area is 196 Å². The molecule has 194 valence electrons. The monoisotopic (exact) mass is 477 g/mol. The Kier molecular flexibility index (Phi) is 11.4. The third-order valence-electron chi connectivity index (χ3n) is 5.99. The normalized spacial score (nSPS) is 34.7. The number of nitrogens with one attached hydrogen (secondary N) is 1. The predicted molar refractivity (Wildman–Crippen MR) is 119 cm³/mol. The molecule has 0 aliphatic carbocycles.